The molecule has 0 atom stereocenters. The van der Waals surface area contributed by atoms with Crippen molar-refractivity contribution in [1.29, 1.82) is 5.26 Å². The van der Waals surface area contributed by atoms with E-state index in [0.29, 0.717) is 16.8 Å². The number of nitrogens with zero attached hydrogens (tertiary/aromatic N) is 2. The Kier molecular flexibility index (Phi) is 4.50. The van der Waals surface area contributed by atoms with E-state index >= 15 is 0 Å². The number of hydrogen-bond acceptors (Lipinski definition) is 4. The van der Waals surface area contributed by atoms with Gasteiger partial charge in [-0.1, -0.05) is 15.9 Å². The highest BCUT2D eigenvalue weighted by molar-refractivity contribution is 9.10. The second kappa shape index (κ2) is 6.33. The predicted octanol–water partition coefficient (Wildman–Crippen LogP) is 3.98. The monoisotopic (exact) mass is 349 g/mol. The minimum Gasteiger partial charge on any atom is -0.380 e. The SMILES string of the molecule is N#Cc1cc(Br)ccc1NCc1cc(F)cc([N+](=O)[O-])c1. The average molecular weight is 350 g/mol. The molecule has 1 N–H and O–H groups in total. The normalized spacial score (nSPS) is 9.95. The quantitative estimate of drug-likeness (QED) is 0.668. The fraction of sp³-hybridized carbons (Fsp3) is 0.0714. The lowest BCUT2D eigenvalue weighted by molar-refractivity contribution is -0.385. The van der Waals surface area contributed by atoms with E-state index in [1.807, 2.05) is 6.07 Å². The van der Waals surface area contributed by atoms with Gasteiger partial charge in [0.2, 0.25) is 0 Å². The Morgan fingerprint density at radius 1 is 1.33 bits per heavy atom. The van der Waals surface area contributed by atoms with Crippen molar-refractivity contribution in [3.05, 3.63) is 67.9 Å². The average Bonchev–Trinajstić information content (AvgIpc) is 2.45. The van der Waals surface area contributed by atoms with Gasteiger partial charge in [0.15, 0.2) is 0 Å². The molecule has 0 unspecified atom stereocenters. The Morgan fingerprint density at radius 2 is 2.10 bits per heavy atom. The summed E-state index contributed by atoms with van der Waals surface area (Å²) in [5.41, 5.74) is 1.12. The maximum Gasteiger partial charge on any atom is 0.272 e. The van der Waals surface area contributed by atoms with E-state index in [2.05, 4.69) is 21.2 Å². The molecular weight excluding hydrogens is 341 g/mol. The minimum absolute atomic E-state index is 0.176. The molecular formula is C14H9BrFN3O2. The minimum atomic E-state index is -0.669. The third-order valence-corrected chi connectivity index (χ3v) is 3.23. The maximum absolute atomic E-state index is 13.3. The molecule has 2 aromatic carbocycles. The molecule has 0 aliphatic rings. The number of nitrogens with one attached hydrogen (secondary N) is 1. The molecule has 2 rings (SSSR count). The van der Waals surface area contributed by atoms with E-state index in [9.17, 15) is 14.5 Å². The molecule has 0 aliphatic carbocycles. The summed E-state index contributed by atoms with van der Waals surface area (Å²) in [5, 5.41) is 22.7. The van der Waals surface area contributed by atoms with Crippen LogP contribution in [0.25, 0.3) is 0 Å². The van der Waals surface area contributed by atoms with Crippen LogP contribution in [0.4, 0.5) is 15.8 Å². The zero-order valence-corrected chi connectivity index (χ0v) is 12.2. The molecule has 0 radical (unpaired) electrons. The second-order valence-electron chi connectivity index (χ2n) is 4.23. The fourth-order valence-corrected chi connectivity index (χ4v) is 2.16. The van der Waals surface area contributed by atoms with Gasteiger partial charge in [-0.2, -0.15) is 5.26 Å². The van der Waals surface area contributed by atoms with Gasteiger partial charge in [0.1, 0.15) is 11.9 Å². The van der Waals surface area contributed by atoms with Crippen LogP contribution < -0.4 is 5.32 Å². The van der Waals surface area contributed by atoms with Crippen LogP contribution in [-0.4, -0.2) is 4.92 Å². The third-order valence-electron chi connectivity index (χ3n) is 2.74. The molecule has 106 valence electrons. The summed E-state index contributed by atoms with van der Waals surface area (Å²) >= 11 is 3.26. The van der Waals surface area contributed by atoms with Crippen LogP contribution in [-0.2, 0) is 6.54 Å². The number of benzene rings is 2. The number of anilines is 1. The lowest BCUT2D eigenvalue weighted by Crippen LogP contribution is -2.02. The van der Waals surface area contributed by atoms with Crippen LogP contribution >= 0.6 is 15.9 Å². The molecule has 0 bridgehead atoms. The van der Waals surface area contributed by atoms with Gasteiger partial charge in [-0.3, -0.25) is 10.1 Å². The van der Waals surface area contributed by atoms with E-state index in [4.69, 9.17) is 5.26 Å². The first kappa shape index (κ1) is 14.9. The molecule has 0 amide bonds. The first-order chi connectivity index (χ1) is 9.99. The number of hydrogen-bond donors (Lipinski definition) is 1. The summed E-state index contributed by atoms with van der Waals surface area (Å²) in [6, 6.07) is 10.5. The summed E-state index contributed by atoms with van der Waals surface area (Å²) in [6.45, 7) is 0.176. The number of nitriles is 1. The topological polar surface area (TPSA) is 79.0 Å². The molecule has 0 aliphatic heterocycles. The van der Waals surface area contributed by atoms with Gasteiger partial charge in [-0.25, -0.2) is 4.39 Å². The van der Waals surface area contributed by atoms with E-state index in [1.165, 1.54) is 12.1 Å². The smallest absolute Gasteiger partial charge is 0.272 e. The van der Waals surface area contributed by atoms with Gasteiger partial charge in [0.25, 0.3) is 5.69 Å². The lowest BCUT2D eigenvalue weighted by Gasteiger charge is -2.09. The molecule has 2 aromatic rings. The van der Waals surface area contributed by atoms with Crippen LogP contribution in [0.5, 0.6) is 0 Å². The Morgan fingerprint density at radius 3 is 2.76 bits per heavy atom. The predicted molar refractivity (Wildman–Crippen MR) is 79.2 cm³/mol. The Hall–Kier alpha value is -2.46. The van der Waals surface area contributed by atoms with Crippen LogP contribution in [0.15, 0.2) is 40.9 Å². The van der Waals surface area contributed by atoms with Crippen molar-refractivity contribution in [1.82, 2.24) is 0 Å². The lowest BCUT2D eigenvalue weighted by atomic mass is 10.1. The highest BCUT2D eigenvalue weighted by Crippen LogP contribution is 2.22. The Labute approximate surface area is 128 Å². The van der Waals surface area contributed by atoms with Crippen LogP contribution in [0.3, 0.4) is 0 Å². The summed E-state index contributed by atoms with van der Waals surface area (Å²) < 4.78 is 14.1. The van der Waals surface area contributed by atoms with Crippen molar-refractivity contribution in [2.24, 2.45) is 0 Å². The van der Waals surface area contributed by atoms with Gasteiger partial charge in [0, 0.05) is 17.1 Å². The van der Waals surface area contributed by atoms with Crippen molar-refractivity contribution in [3.63, 3.8) is 0 Å². The van der Waals surface area contributed by atoms with Crippen LogP contribution in [0, 0.1) is 27.3 Å². The zero-order valence-electron chi connectivity index (χ0n) is 10.6. The summed E-state index contributed by atoms with van der Waals surface area (Å²) in [5.74, 6) is -0.669. The van der Waals surface area contributed by atoms with Crippen molar-refractivity contribution in [3.8, 4) is 6.07 Å². The number of rotatable bonds is 4. The van der Waals surface area contributed by atoms with Crippen LogP contribution in [0.1, 0.15) is 11.1 Å². The number of nitro benzene ring substituents is 1. The molecule has 0 heterocycles. The molecule has 0 saturated carbocycles. The molecule has 0 fully saturated rings. The van der Waals surface area contributed by atoms with Gasteiger partial charge < -0.3 is 5.32 Å². The first-order valence-corrected chi connectivity index (χ1v) is 6.66. The maximum atomic E-state index is 13.3. The van der Waals surface area contributed by atoms with Crippen molar-refractivity contribution in [2.45, 2.75) is 6.54 Å². The fourth-order valence-electron chi connectivity index (χ4n) is 1.80. The van der Waals surface area contributed by atoms with Gasteiger partial charge in [-0.05, 0) is 29.8 Å². The van der Waals surface area contributed by atoms with Crippen LogP contribution in [0.2, 0.25) is 0 Å². The third kappa shape index (κ3) is 3.77. The standard InChI is InChI=1S/C14H9BrFN3O2/c15-11-1-2-14(10(5-11)7-17)18-8-9-3-12(16)6-13(4-9)19(20)21/h1-6,18H,8H2. The van der Waals surface area contributed by atoms with Crippen molar-refractivity contribution < 1.29 is 9.31 Å². The highest BCUT2D eigenvalue weighted by atomic mass is 79.9. The zero-order chi connectivity index (χ0) is 15.4. The molecule has 5 nitrogen and oxygen atoms in total. The molecule has 0 aromatic heterocycles. The van der Waals surface area contributed by atoms with Gasteiger partial charge in [0.05, 0.1) is 22.2 Å². The van der Waals surface area contributed by atoms with Crippen molar-refractivity contribution >= 4 is 27.3 Å². The largest absolute Gasteiger partial charge is 0.380 e. The first-order valence-electron chi connectivity index (χ1n) is 5.87. The number of nitro groups is 1. The Balaban J connectivity index is 2.21. The molecule has 21 heavy (non-hydrogen) atoms. The summed E-state index contributed by atoms with van der Waals surface area (Å²) in [7, 11) is 0. The number of non-ortho nitro benzene ring substituents is 1. The molecule has 7 heteroatoms. The summed E-state index contributed by atoms with van der Waals surface area (Å²) in [4.78, 5) is 10.0. The van der Waals surface area contributed by atoms with Gasteiger partial charge in [-0.15, -0.1) is 0 Å². The highest BCUT2D eigenvalue weighted by Gasteiger charge is 2.10. The van der Waals surface area contributed by atoms with Crippen molar-refractivity contribution in [2.75, 3.05) is 5.32 Å². The molecule has 0 spiro atoms. The van der Waals surface area contributed by atoms with Gasteiger partial charge >= 0.3 is 0 Å². The van der Waals surface area contributed by atoms with E-state index in [-0.39, 0.29) is 12.2 Å². The van der Waals surface area contributed by atoms with E-state index in [1.54, 1.807) is 18.2 Å². The van der Waals surface area contributed by atoms with E-state index < -0.39 is 10.7 Å². The summed E-state index contributed by atoms with van der Waals surface area (Å²) in [6.07, 6.45) is 0. The molecule has 0 saturated heterocycles. The Bertz CT molecular complexity index is 743. The van der Waals surface area contributed by atoms with E-state index in [0.717, 1.165) is 10.5 Å². The second-order valence-corrected chi connectivity index (χ2v) is 5.15. The number of halogens is 2.